The van der Waals surface area contributed by atoms with Crippen molar-refractivity contribution in [1.29, 1.82) is 0 Å². The molecule has 0 aliphatic rings. The number of halogens is 1. The first kappa shape index (κ1) is 19.1. The minimum atomic E-state index is -0.478. The lowest BCUT2D eigenvalue weighted by Crippen LogP contribution is -2.36. The second kappa shape index (κ2) is 8.04. The van der Waals surface area contributed by atoms with Gasteiger partial charge in [-0.1, -0.05) is 6.07 Å². The van der Waals surface area contributed by atoms with Gasteiger partial charge >= 0.3 is 6.09 Å². The van der Waals surface area contributed by atoms with Gasteiger partial charge in [-0.25, -0.2) is 4.79 Å². The lowest BCUT2D eigenvalue weighted by molar-refractivity contribution is 0.0244. The number of benzene rings is 1. The highest BCUT2D eigenvalue weighted by Gasteiger charge is 2.21. The van der Waals surface area contributed by atoms with E-state index in [2.05, 4.69) is 22.6 Å². The summed E-state index contributed by atoms with van der Waals surface area (Å²) >= 11 is 2.26. The zero-order valence-electron chi connectivity index (χ0n) is 14.3. The molecule has 0 heterocycles. The molecule has 0 fully saturated rings. The second-order valence-electron chi connectivity index (χ2n) is 6.43. The fourth-order valence-electron chi connectivity index (χ4n) is 1.84. The van der Waals surface area contributed by atoms with Crippen molar-refractivity contribution in [3.8, 4) is 5.75 Å². The molecule has 0 saturated carbocycles. The molecule has 1 amide bonds. The molecule has 0 bridgehead atoms. The number of nitrogens with zero attached hydrogens (tertiary/aromatic N) is 1. The Morgan fingerprint density at radius 1 is 1.32 bits per heavy atom. The zero-order valence-corrected chi connectivity index (χ0v) is 16.4. The molecular formula is C17H26INO3. The summed E-state index contributed by atoms with van der Waals surface area (Å²) in [5.41, 5.74) is 0.585. The highest BCUT2D eigenvalue weighted by molar-refractivity contribution is 14.1. The van der Waals surface area contributed by atoms with E-state index < -0.39 is 5.60 Å². The SMILES string of the molecule is CCN(Cc1ccc(OC(C)C)c(I)c1)C(=O)OC(C)(C)C. The monoisotopic (exact) mass is 419 g/mol. The molecule has 0 unspecified atom stereocenters. The molecule has 5 heteroatoms. The van der Waals surface area contributed by atoms with Crippen molar-refractivity contribution in [3.05, 3.63) is 27.3 Å². The Morgan fingerprint density at radius 2 is 1.95 bits per heavy atom. The maximum absolute atomic E-state index is 12.2. The summed E-state index contributed by atoms with van der Waals surface area (Å²) in [6, 6.07) is 6.00. The molecular weight excluding hydrogens is 393 g/mol. The van der Waals surface area contributed by atoms with E-state index in [1.807, 2.05) is 59.7 Å². The van der Waals surface area contributed by atoms with Crippen LogP contribution in [0, 0.1) is 3.57 Å². The largest absolute Gasteiger partial charge is 0.490 e. The fraction of sp³-hybridized carbons (Fsp3) is 0.588. The van der Waals surface area contributed by atoms with E-state index in [4.69, 9.17) is 9.47 Å². The van der Waals surface area contributed by atoms with E-state index >= 15 is 0 Å². The van der Waals surface area contributed by atoms with Gasteiger partial charge in [-0.15, -0.1) is 0 Å². The van der Waals surface area contributed by atoms with Crippen LogP contribution in [0.4, 0.5) is 4.79 Å². The predicted octanol–water partition coefficient (Wildman–Crippen LogP) is 4.84. The number of hydrogen-bond donors (Lipinski definition) is 0. The van der Waals surface area contributed by atoms with Gasteiger partial charge < -0.3 is 14.4 Å². The van der Waals surface area contributed by atoms with Crippen molar-refractivity contribution in [2.45, 2.75) is 59.8 Å². The average Bonchev–Trinajstić information content (AvgIpc) is 2.36. The van der Waals surface area contributed by atoms with Gasteiger partial charge in [-0.3, -0.25) is 0 Å². The summed E-state index contributed by atoms with van der Waals surface area (Å²) < 4.78 is 12.2. The summed E-state index contributed by atoms with van der Waals surface area (Å²) in [7, 11) is 0. The van der Waals surface area contributed by atoms with Gasteiger partial charge in [-0.2, -0.15) is 0 Å². The summed E-state index contributed by atoms with van der Waals surface area (Å²) in [6.07, 6.45) is -0.138. The first-order chi connectivity index (χ1) is 10.1. The Labute approximate surface area is 147 Å². The van der Waals surface area contributed by atoms with Crippen LogP contribution >= 0.6 is 22.6 Å². The molecule has 1 aromatic rings. The highest BCUT2D eigenvalue weighted by Crippen LogP contribution is 2.24. The van der Waals surface area contributed by atoms with Crippen LogP contribution in [0.5, 0.6) is 5.75 Å². The average molecular weight is 419 g/mol. The first-order valence-electron chi connectivity index (χ1n) is 7.55. The molecule has 0 aromatic heterocycles. The van der Waals surface area contributed by atoms with Gasteiger partial charge in [-0.05, 0) is 81.8 Å². The maximum atomic E-state index is 12.2. The van der Waals surface area contributed by atoms with Gasteiger partial charge in [0.2, 0.25) is 0 Å². The molecule has 1 rings (SSSR count). The molecule has 0 saturated heterocycles. The zero-order chi connectivity index (χ0) is 16.9. The number of amides is 1. The molecule has 0 radical (unpaired) electrons. The summed E-state index contributed by atoms with van der Waals surface area (Å²) in [5.74, 6) is 0.875. The van der Waals surface area contributed by atoms with Crippen LogP contribution in [-0.2, 0) is 11.3 Å². The minimum Gasteiger partial charge on any atom is -0.490 e. The van der Waals surface area contributed by atoms with Crippen LogP contribution < -0.4 is 4.74 Å². The van der Waals surface area contributed by atoms with Crippen LogP contribution in [0.2, 0.25) is 0 Å². The molecule has 0 atom stereocenters. The molecule has 0 aliphatic heterocycles. The number of carbonyl (C=O) groups is 1. The number of carbonyl (C=O) groups excluding carboxylic acids is 1. The molecule has 4 nitrogen and oxygen atoms in total. The smallest absolute Gasteiger partial charge is 0.410 e. The van der Waals surface area contributed by atoms with E-state index in [-0.39, 0.29) is 12.2 Å². The van der Waals surface area contributed by atoms with Crippen LogP contribution in [0.1, 0.15) is 47.1 Å². The summed E-state index contributed by atoms with van der Waals surface area (Å²) in [4.78, 5) is 13.9. The van der Waals surface area contributed by atoms with E-state index in [9.17, 15) is 4.79 Å². The van der Waals surface area contributed by atoms with Gasteiger partial charge in [0.05, 0.1) is 9.67 Å². The standard InChI is InChI=1S/C17H26INO3/c1-7-19(16(20)22-17(4,5)6)11-13-8-9-15(14(18)10-13)21-12(2)3/h8-10,12H,7,11H2,1-6H3. The first-order valence-corrected chi connectivity index (χ1v) is 8.63. The van der Waals surface area contributed by atoms with Crippen molar-refractivity contribution in [2.24, 2.45) is 0 Å². The normalized spacial score (nSPS) is 11.5. The third-order valence-corrected chi connectivity index (χ3v) is 3.61. The minimum absolute atomic E-state index is 0.147. The summed E-state index contributed by atoms with van der Waals surface area (Å²) in [5, 5.41) is 0. The van der Waals surface area contributed by atoms with Gasteiger partial charge in [0.15, 0.2) is 0 Å². The molecule has 22 heavy (non-hydrogen) atoms. The van der Waals surface area contributed by atoms with Crippen LogP contribution in [0.3, 0.4) is 0 Å². The topological polar surface area (TPSA) is 38.8 Å². The van der Waals surface area contributed by atoms with Crippen molar-refractivity contribution < 1.29 is 14.3 Å². The van der Waals surface area contributed by atoms with Crippen molar-refractivity contribution in [2.75, 3.05) is 6.54 Å². The number of ether oxygens (including phenoxy) is 2. The lowest BCUT2D eigenvalue weighted by Gasteiger charge is -2.26. The third-order valence-electron chi connectivity index (χ3n) is 2.77. The molecule has 0 N–H and O–H groups in total. The summed E-state index contributed by atoms with van der Waals surface area (Å²) in [6.45, 7) is 12.7. The molecule has 1 aromatic carbocycles. The van der Waals surface area contributed by atoms with Crippen LogP contribution in [0.15, 0.2) is 18.2 Å². The van der Waals surface area contributed by atoms with E-state index in [1.54, 1.807) is 4.90 Å². The van der Waals surface area contributed by atoms with Crippen LogP contribution in [-0.4, -0.2) is 29.2 Å². The van der Waals surface area contributed by atoms with E-state index in [1.165, 1.54) is 0 Å². The van der Waals surface area contributed by atoms with Crippen molar-refractivity contribution in [3.63, 3.8) is 0 Å². The second-order valence-corrected chi connectivity index (χ2v) is 7.59. The highest BCUT2D eigenvalue weighted by atomic mass is 127. The van der Waals surface area contributed by atoms with Gasteiger partial charge in [0.1, 0.15) is 11.4 Å². The van der Waals surface area contributed by atoms with E-state index in [0.29, 0.717) is 13.1 Å². The van der Waals surface area contributed by atoms with Crippen molar-refractivity contribution >= 4 is 28.7 Å². The Bertz CT molecular complexity index is 509. The quantitative estimate of drug-likeness (QED) is 0.642. The van der Waals surface area contributed by atoms with Crippen molar-refractivity contribution in [1.82, 2.24) is 4.90 Å². The van der Waals surface area contributed by atoms with Gasteiger partial charge in [0.25, 0.3) is 0 Å². The predicted molar refractivity (Wildman–Crippen MR) is 97.2 cm³/mol. The molecule has 124 valence electrons. The Balaban J connectivity index is 2.79. The van der Waals surface area contributed by atoms with Crippen LogP contribution in [0.25, 0.3) is 0 Å². The number of rotatable bonds is 5. The Kier molecular flexibility index (Phi) is 6.97. The van der Waals surface area contributed by atoms with Gasteiger partial charge in [0, 0.05) is 13.1 Å². The molecule has 0 spiro atoms. The fourth-order valence-corrected chi connectivity index (χ4v) is 2.55. The number of hydrogen-bond acceptors (Lipinski definition) is 3. The van der Waals surface area contributed by atoms with E-state index in [0.717, 1.165) is 14.9 Å². The Morgan fingerprint density at radius 3 is 2.41 bits per heavy atom. The third kappa shape index (κ3) is 6.42. The Hall–Kier alpha value is -0.980. The molecule has 0 aliphatic carbocycles. The maximum Gasteiger partial charge on any atom is 0.410 e. The lowest BCUT2D eigenvalue weighted by atomic mass is 10.2.